The monoisotopic (exact) mass is 215 g/mol. The fourth-order valence-electron chi connectivity index (χ4n) is 1.10. The van der Waals surface area contributed by atoms with E-state index >= 15 is 0 Å². The minimum absolute atomic E-state index is 0.150. The van der Waals surface area contributed by atoms with Crippen LogP contribution in [0.4, 0.5) is 8.78 Å². The molecule has 0 aliphatic heterocycles. The summed E-state index contributed by atoms with van der Waals surface area (Å²) in [4.78, 5) is 0. The van der Waals surface area contributed by atoms with Gasteiger partial charge in [-0.3, -0.25) is 0 Å². The zero-order chi connectivity index (χ0) is 11.4. The van der Waals surface area contributed by atoms with E-state index in [9.17, 15) is 8.78 Å². The van der Waals surface area contributed by atoms with Crippen LogP contribution in [0.5, 0.6) is 11.5 Å². The van der Waals surface area contributed by atoms with Crippen molar-refractivity contribution < 1.29 is 18.6 Å². The molecule has 0 heterocycles. The average molecular weight is 215 g/mol. The van der Waals surface area contributed by atoms with Gasteiger partial charge in [0, 0.05) is 12.6 Å². The first kappa shape index (κ1) is 11.5. The summed E-state index contributed by atoms with van der Waals surface area (Å²) in [5, 5.41) is 9.15. The van der Waals surface area contributed by atoms with Crippen LogP contribution in [0.1, 0.15) is 5.56 Å². The first-order valence-corrected chi connectivity index (χ1v) is 4.23. The molecule has 1 aromatic rings. The quantitative estimate of drug-likeness (QED) is 0.806. The Kier molecular flexibility index (Phi) is 3.62. The van der Waals surface area contributed by atoms with E-state index in [-0.39, 0.29) is 17.9 Å². The Morgan fingerprint density at radius 1 is 1.47 bits per heavy atom. The molecule has 82 valence electrons. The normalized spacial score (nSPS) is 10.9. The number of hydrogen-bond acceptors (Lipinski definition) is 3. The number of benzene rings is 1. The predicted molar refractivity (Wildman–Crippen MR) is 52.7 cm³/mol. The SMILES string of the molecule is COc1cc(O)c(F)c(/C=C/CN)c1F. The van der Waals surface area contributed by atoms with Gasteiger partial charge < -0.3 is 15.6 Å². The summed E-state index contributed by atoms with van der Waals surface area (Å²) in [5.41, 5.74) is 4.80. The van der Waals surface area contributed by atoms with Gasteiger partial charge in [-0.2, -0.15) is 0 Å². The molecule has 0 saturated heterocycles. The topological polar surface area (TPSA) is 55.5 Å². The smallest absolute Gasteiger partial charge is 0.175 e. The third kappa shape index (κ3) is 2.24. The molecule has 0 atom stereocenters. The van der Waals surface area contributed by atoms with Crippen LogP contribution >= 0.6 is 0 Å². The maximum atomic E-state index is 13.5. The average Bonchev–Trinajstić information content (AvgIpc) is 2.23. The molecule has 1 rings (SSSR count). The standard InChI is InChI=1S/C10H11F2NO2/c1-15-8-5-7(14)9(11)6(10(8)12)3-2-4-13/h2-3,5,14H,4,13H2,1H3/b3-2+. The molecule has 0 saturated carbocycles. The van der Waals surface area contributed by atoms with Gasteiger partial charge in [0.25, 0.3) is 0 Å². The summed E-state index contributed by atoms with van der Waals surface area (Å²) < 4.78 is 31.4. The summed E-state index contributed by atoms with van der Waals surface area (Å²) in [5.74, 6) is -2.77. The van der Waals surface area contributed by atoms with E-state index in [4.69, 9.17) is 10.8 Å². The number of phenolic OH excluding ortho intramolecular Hbond substituents is 1. The zero-order valence-electron chi connectivity index (χ0n) is 8.13. The molecule has 0 amide bonds. The summed E-state index contributed by atoms with van der Waals surface area (Å²) in [6.45, 7) is 0.150. The van der Waals surface area contributed by atoms with Crippen molar-refractivity contribution in [2.24, 2.45) is 5.73 Å². The maximum Gasteiger partial charge on any atom is 0.175 e. The Labute approximate surface area is 85.8 Å². The zero-order valence-corrected chi connectivity index (χ0v) is 8.13. The fraction of sp³-hybridized carbons (Fsp3) is 0.200. The van der Waals surface area contributed by atoms with Crippen molar-refractivity contribution in [1.82, 2.24) is 0 Å². The van der Waals surface area contributed by atoms with E-state index in [0.29, 0.717) is 0 Å². The van der Waals surface area contributed by atoms with Gasteiger partial charge in [0.2, 0.25) is 0 Å². The van der Waals surface area contributed by atoms with Gasteiger partial charge in [0.1, 0.15) is 0 Å². The second-order valence-electron chi connectivity index (χ2n) is 2.78. The van der Waals surface area contributed by atoms with Gasteiger partial charge >= 0.3 is 0 Å². The second-order valence-corrected chi connectivity index (χ2v) is 2.78. The lowest BCUT2D eigenvalue weighted by molar-refractivity contribution is 0.370. The lowest BCUT2D eigenvalue weighted by Crippen LogP contribution is -1.97. The first-order valence-electron chi connectivity index (χ1n) is 4.23. The summed E-state index contributed by atoms with van der Waals surface area (Å²) >= 11 is 0. The lowest BCUT2D eigenvalue weighted by atomic mass is 10.1. The van der Waals surface area contributed by atoms with E-state index in [2.05, 4.69) is 4.74 Å². The van der Waals surface area contributed by atoms with Gasteiger partial charge in [0.15, 0.2) is 23.1 Å². The minimum atomic E-state index is -1.03. The molecular weight excluding hydrogens is 204 g/mol. The Hall–Kier alpha value is -1.62. The van der Waals surface area contributed by atoms with Gasteiger partial charge in [-0.15, -0.1) is 0 Å². The lowest BCUT2D eigenvalue weighted by Gasteiger charge is -2.07. The highest BCUT2D eigenvalue weighted by atomic mass is 19.1. The van der Waals surface area contributed by atoms with Crippen LogP contribution in [0, 0.1) is 11.6 Å². The van der Waals surface area contributed by atoms with Gasteiger partial charge in [0.05, 0.1) is 12.7 Å². The molecule has 0 aliphatic carbocycles. The number of phenols is 1. The molecule has 1 aromatic carbocycles. The van der Waals surface area contributed by atoms with Crippen LogP contribution in [-0.4, -0.2) is 18.8 Å². The molecule has 0 fully saturated rings. The molecule has 0 bridgehead atoms. The Morgan fingerprint density at radius 2 is 2.13 bits per heavy atom. The Bertz CT molecular complexity index is 391. The van der Waals surface area contributed by atoms with Gasteiger partial charge in [-0.05, 0) is 0 Å². The van der Waals surface area contributed by atoms with Crippen molar-refractivity contribution in [3.63, 3.8) is 0 Å². The number of hydrogen-bond donors (Lipinski definition) is 2. The van der Waals surface area contributed by atoms with Crippen molar-refractivity contribution in [2.75, 3.05) is 13.7 Å². The molecule has 0 aliphatic rings. The third-order valence-corrected chi connectivity index (χ3v) is 1.82. The number of ether oxygens (including phenoxy) is 1. The van der Waals surface area contributed by atoms with Crippen LogP contribution in [0.15, 0.2) is 12.1 Å². The first-order chi connectivity index (χ1) is 7.11. The van der Waals surface area contributed by atoms with Crippen molar-refractivity contribution in [1.29, 1.82) is 0 Å². The number of rotatable bonds is 3. The number of aromatic hydroxyl groups is 1. The fourth-order valence-corrected chi connectivity index (χ4v) is 1.10. The molecule has 0 aromatic heterocycles. The highest BCUT2D eigenvalue weighted by Crippen LogP contribution is 2.31. The molecule has 0 unspecified atom stereocenters. The Morgan fingerprint density at radius 3 is 2.67 bits per heavy atom. The minimum Gasteiger partial charge on any atom is -0.505 e. The van der Waals surface area contributed by atoms with Crippen molar-refractivity contribution in [2.45, 2.75) is 0 Å². The highest BCUT2D eigenvalue weighted by molar-refractivity contribution is 5.57. The predicted octanol–water partition coefficient (Wildman–Crippen LogP) is 1.65. The summed E-state index contributed by atoms with van der Waals surface area (Å²) in [6.07, 6.45) is 2.54. The largest absolute Gasteiger partial charge is 0.505 e. The van der Waals surface area contributed by atoms with Crippen LogP contribution in [-0.2, 0) is 0 Å². The van der Waals surface area contributed by atoms with Crippen molar-refractivity contribution >= 4 is 6.08 Å². The van der Waals surface area contributed by atoms with E-state index in [1.165, 1.54) is 13.2 Å². The van der Waals surface area contributed by atoms with Crippen LogP contribution in [0.25, 0.3) is 6.08 Å². The number of halogens is 2. The summed E-state index contributed by atoms with van der Waals surface area (Å²) in [7, 11) is 1.23. The molecule has 3 nitrogen and oxygen atoms in total. The molecule has 15 heavy (non-hydrogen) atoms. The maximum absolute atomic E-state index is 13.5. The number of nitrogens with two attached hydrogens (primary N) is 1. The third-order valence-electron chi connectivity index (χ3n) is 1.82. The Balaban J connectivity index is 3.33. The van der Waals surface area contributed by atoms with E-state index in [1.807, 2.05) is 0 Å². The van der Waals surface area contributed by atoms with Crippen molar-refractivity contribution in [3.05, 3.63) is 29.3 Å². The van der Waals surface area contributed by atoms with Crippen molar-refractivity contribution in [3.8, 4) is 11.5 Å². The van der Waals surface area contributed by atoms with E-state index < -0.39 is 17.4 Å². The molecule has 3 N–H and O–H groups in total. The molecule has 0 radical (unpaired) electrons. The molecular formula is C10H11F2NO2. The number of methoxy groups -OCH3 is 1. The van der Waals surface area contributed by atoms with Crippen LogP contribution < -0.4 is 10.5 Å². The molecule has 0 spiro atoms. The van der Waals surface area contributed by atoms with Crippen LogP contribution in [0.3, 0.4) is 0 Å². The van der Waals surface area contributed by atoms with Gasteiger partial charge in [-0.25, -0.2) is 8.78 Å². The molecule has 5 heteroatoms. The second kappa shape index (κ2) is 4.75. The summed E-state index contributed by atoms with van der Waals surface area (Å²) in [6, 6.07) is 0.879. The van der Waals surface area contributed by atoms with Gasteiger partial charge in [-0.1, -0.05) is 12.2 Å². The van der Waals surface area contributed by atoms with Crippen LogP contribution in [0.2, 0.25) is 0 Å². The van der Waals surface area contributed by atoms with E-state index in [1.54, 1.807) is 0 Å². The van der Waals surface area contributed by atoms with E-state index in [0.717, 1.165) is 12.1 Å². The highest BCUT2D eigenvalue weighted by Gasteiger charge is 2.16.